The van der Waals surface area contributed by atoms with Crippen molar-refractivity contribution in [2.45, 2.75) is 13.0 Å². The number of nitrogens with two attached hydrogens (primary N) is 1. The van der Waals surface area contributed by atoms with E-state index >= 15 is 0 Å². The largest absolute Gasteiger partial charge is 0.404 e. The Kier molecular flexibility index (Phi) is 5.25. The van der Waals surface area contributed by atoms with Crippen LogP contribution in [0.3, 0.4) is 0 Å². The van der Waals surface area contributed by atoms with Crippen LogP contribution in [0.15, 0.2) is 60.7 Å². The molecule has 0 amide bonds. The van der Waals surface area contributed by atoms with Gasteiger partial charge in [0.25, 0.3) is 0 Å². The second-order valence-electron chi connectivity index (χ2n) is 6.68. The third kappa shape index (κ3) is 3.64. The Hall–Kier alpha value is -4.01. The Morgan fingerprint density at radius 1 is 1.23 bits per heavy atom. The first-order valence-corrected chi connectivity index (χ1v) is 9.40. The van der Waals surface area contributed by atoms with E-state index in [0.29, 0.717) is 24.4 Å². The van der Waals surface area contributed by atoms with Gasteiger partial charge in [0.2, 0.25) is 0 Å². The first-order chi connectivity index (χ1) is 14.6. The van der Waals surface area contributed by atoms with Gasteiger partial charge in [-0.05, 0) is 54.6 Å². The number of hydrogen-bond donors (Lipinski definition) is 3. The lowest BCUT2D eigenvalue weighted by atomic mass is 10.1. The summed E-state index contributed by atoms with van der Waals surface area (Å²) in [5, 5.41) is 15.2. The van der Waals surface area contributed by atoms with E-state index in [9.17, 15) is 4.39 Å². The molecule has 3 aromatic heterocycles. The Bertz CT molecular complexity index is 1220. The lowest BCUT2D eigenvalue weighted by molar-refractivity contribution is 0.628. The van der Waals surface area contributed by atoms with E-state index in [1.807, 2.05) is 16.7 Å². The third-order valence-corrected chi connectivity index (χ3v) is 4.82. The molecule has 0 saturated heterocycles. The van der Waals surface area contributed by atoms with Gasteiger partial charge in [0.15, 0.2) is 5.65 Å². The number of aromatic nitrogens is 5. The van der Waals surface area contributed by atoms with Crippen LogP contribution in [0.5, 0.6) is 0 Å². The normalized spacial score (nSPS) is 11.7. The van der Waals surface area contributed by atoms with Gasteiger partial charge >= 0.3 is 0 Å². The molecule has 0 saturated carbocycles. The van der Waals surface area contributed by atoms with Crippen molar-refractivity contribution < 1.29 is 4.39 Å². The molecule has 0 spiro atoms. The molecule has 0 aliphatic rings. The summed E-state index contributed by atoms with van der Waals surface area (Å²) < 4.78 is 17.1. The molecular formula is C21H21FN8. The van der Waals surface area contributed by atoms with E-state index in [-0.39, 0.29) is 5.82 Å². The molecule has 0 fully saturated rings. The number of fused-ring (bicyclic) bond motifs is 1. The van der Waals surface area contributed by atoms with Crippen molar-refractivity contribution in [1.29, 1.82) is 5.41 Å². The van der Waals surface area contributed by atoms with Gasteiger partial charge in [-0.2, -0.15) is 5.10 Å². The smallest absolute Gasteiger partial charge is 0.156 e. The molecule has 0 aliphatic heterocycles. The molecule has 3 heterocycles. The van der Waals surface area contributed by atoms with Crippen molar-refractivity contribution in [1.82, 2.24) is 24.1 Å². The van der Waals surface area contributed by atoms with E-state index in [1.165, 1.54) is 24.5 Å². The number of rotatable bonds is 7. The zero-order valence-electron chi connectivity index (χ0n) is 16.4. The summed E-state index contributed by atoms with van der Waals surface area (Å²) in [4.78, 5) is 9.01. The van der Waals surface area contributed by atoms with Crippen LogP contribution in [0.1, 0.15) is 6.42 Å². The quantitative estimate of drug-likeness (QED) is 0.409. The highest BCUT2D eigenvalue weighted by Crippen LogP contribution is 2.31. The van der Waals surface area contributed by atoms with Gasteiger partial charge in [0, 0.05) is 25.4 Å². The first-order valence-electron chi connectivity index (χ1n) is 9.40. The Morgan fingerprint density at radius 2 is 2.03 bits per heavy atom. The van der Waals surface area contributed by atoms with Crippen molar-refractivity contribution in [3.63, 3.8) is 0 Å². The fourth-order valence-corrected chi connectivity index (χ4v) is 3.22. The van der Waals surface area contributed by atoms with Crippen LogP contribution in [-0.2, 0) is 6.54 Å². The molecule has 0 aliphatic carbocycles. The minimum atomic E-state index is -0.305. The molecule has 1 aromatic carbocycles. The van der Waals surface area contributed by atoms with Gasteiger partial charge in [-0.1, -0.05) is 0 Å². The molecule has 9 heteroatoms. The number of aryl methyl sites for hydroxylation is 1. The number of imidazole rings is 2. The van der Waals surface area contributed by atoms with E-state index in [2.05, 4.69) is 15.3 Å². The van der Waals surface area contributed by atoms with Crippen molar-refractivity contribution in [2.24, 2.45) is 5.73 Å². The number of hydrogen-bond acceptors (Lipinski definition) is 6. The Morgan fingerprint density at radius 3 is 2.73 bits per heavy atom. The van der Waals surface area contributed by atoms with E-state index in [4.69, 9.17) is 16.2 Å². The second-order valence-corrected chi connectivity index (χ2v) is 6.68. The zero-order chi connectivity index (χ0) is 21.1. The van der Waals surface area contributed by atoms with Gasteiger partial charge in [-0.15, -0.1) is 0 Å². The van der Waals surface area contributed by atoms with Crippen LogP contribution >= 0.6 is 0 Å². The summed E-state index contributed by atoms with van der Waals surface area (Å²) in [5.41, 5.74) is 10.00. The van der Waals surface area contributed by atoms with Crippen LogP contribution in [0.25, 0.3) is 28.3 Å². The van der Waals surface area contributed by atoms with E-state index in [1.54, 1.807) is 36.2 Å². The van der Waals surface area contributed by atoms with Crippen LogP contribution in [0.4, 0.5) is 10.2 Å². The first kappa shape index (κ1) is 19.3. The van der Waals surface area contributed by atoms with Crippen LogP contribution < -0.4 is 11.1 Å². The lowest BCUT2D eigenvalue weighted by Crippen LogP contribution is -2.04. The average molecular weight is 404 g/mol. The van der Waals surface area contributed by atoms with Crippen LogP contribution in [-0.4, -0.2) is 37.4 Å². The SMILES string of the molecule is CNc1cn2nc(-c3c(-c4ccc(F)cc4)ncn3CC/C(C=N)=C/N)ccc2n1. The van der Waals surface area contributed by atoms with Crippen molar-refractivity contribution in [3.05, 3.63) is 66.5 Å². The highest BCUT2D eigenvalue weighted by Gasteiger charge is 2.17. The molecule has 0 bridgehead atoms. The summed E-state index contributed by atoms with van der Waals surface area (Å²) in [7, 11) is 1.80. The number of halogens is 1. The molecule has 0 radical (unpaired) electrons. The molecule has 152 valence electrons. The minimum Gasteiger partial charge on any atom is -0.404 e. The fraction of sp³-hybridized carbons (Fsp3) is 0.143. The second kappa shape index (κ2) is 8.16. The maximum absolute atomic E-state index is 13.4. The third-order valence-electron chi connectivity index (χ3n) is 4.82. The Balaban J connectivity index is 1.82. The summed E-state index contributed by atoms with van der Waals surface area (Å²) in [6.45, 7) is 0.563. The van der Waals surface area contributed by atoms with Crippen molar-refractivity contribution in [3.8, 4) is 22.6 Å². The van der Waals surface area contributed by atoms with Crippen molar-refractivity contribution >= 4 is 17.7 Å². The van der Waals surface area contributed by atoms with Gasteiger partial charge in [0.05, 0.1) is 23.9 Å². The number of benzene rings is 1. The lowest BCUT2D eigenvalue weighted by Gasteiger charge is -2.10. The van der Waals surface area contributed by atoms with Gasteiger partial charge in [-0.3, -0.25) is 0 Å². The summed E-state index contributed by atoms with van der Waals surface area (Å²) in [6.07, 6.45) is 6.78. The monoisotopic (exact) mass is 404 g/mol. The Labute approximate surface area is 172 Å². The molecule has 4 aromatic rings. The highest BCUT2D eigenvalue weighted by atomic mass is 19.1. The maximum Gasteiger partial charge on any atom is 0.156 e. The molecule has 8 nitrogen and oxygen atoms in total. The number of anilines is 1. The highest BCUT2D eigenvalue weighted by molar-refractivity contribution is 5.77. The molecule has 4 N–H and O–H groups in total. The van der Waals surface area contributed by atoms with E-state index in [0.717, 1.165) is 28.3 Å². The molecule has 4 rings (SSSR count). The number of allylic oxidation sites excluding steroid dienone is 1. The number of nitrogens with zero attached hydrogens (tertiary/aromatic N) is 5. The maximum atomic E-state index is 13.4. The predicted molar refractivity (Wildman–Crippen MR) is 115 cm³/mol. The van der Waals surface area contributed by atoms with Gasteiger partial charge < -0.3 is 21.0 Å². The predicted octanol–water partition coefficient (Wildman–Crippen LogP) is 3.32. The summed E-state index contributed by atoms with van der Waals surface area (Å²) >= 11 is 0. The van der Waals surface area contributed by atoms with Gasteiger partial charge in [-0.25, -0.2) is 18.9 Å². The summed E-state index contributed by atoms with van der Waals surface area (Å²) in [6, 6.07) is 9.99. The average Bonchev–Trinajstić information content (AvgIpc) is 3.38. The minimum absolute atomic E-state index is 0.305. The standard InChI is InChI=1S/C21H21FN8/c1-25-18-12-30-19(27-18)7-6-17(28-30)21-20(15-2-4-16(22)5-3-15)26-13-29(21)9-8-14(10-23)11-24/h2-7,10-13,23,25H,8-9,24H2,1H3/b14-11-,23-10?. The molecular weight excluding hydrogens is 383 g/mol. The van der Waals surface area contributed by atoms with Gasteiger partial charge in [0.1, 0.15) is 17.3 Å². The molecule has 0 atom stereocenters. The molecule has 0 unspecified atom stereocenters. The van der Waals surface area contributed by atoms with Crippen molar-refractivity contribution in [2.75, 3.05) is 12.4 Å². The van der Waals surface area contributed by atoms with E-state index < -0.39 is 0 Å². The number of nitrogens with one attached hydrogen (secondary N) is 2. The summed E-state index contributed by atoms with van der Waals surface area (Å²) in [5.74, 6) is 0.414. The topological polar surface area (TPSA) is 110 Å². The van der Waals surface area contributed by atoms with Crippen LogP contribution in [0, 0.1) is 11.2 Å². The fourth-order valence-electron chi connectivity index (χ4n) is 3.22. The van der Waals surface area contributed by atoms with Crippen LogP contribution in [0.2, 0.25) is 0 Å². The zero-order valence-corrected chi connectivity index (χ0v) is 16.4. The molecule has 30 heavy (non-hydrogen) atoms.